The average molecular weight is 326 g/mol. The maximum Gasteiger partial charge on any atom is 0.325 e. The van der Waals surface area contributed by atoms with E-state index in [4.69, 9.17) is 16.3 Å². The third-order valence-electron chi connectivity index (χ3n) is 3.33. The summed E-state index contributed by atoms with van der Waals surface area (Å²) in [6.07, 6.45) is 5.50. The summed E-state index contributed by atoms with van der Waals surface area (Å²) in [6.45, 7) is 2.50. The Hall–Kier alpha value is -1.55. The SMILES string of the molecule is CCCCCCCOC(=O)CN(C)C(=O)c1ccccc1Cl. The Morgan fingerprint density at radius 2 is 1.82 bits per heavy atom. The molecule has 1 aromatic carbocycles. The lowest BCUT2D eigenvalue weighted by Gasteiger charge is -2.17. The topological polar surface area (TPSA) is 46.6 Å². The largest absolute Gasteiger partial charge is 0.464 e. The van der Waals surface area contributed by atoms with Crippen LogP contribution in [-0.4, -0.2) is 37.0 Å². The number of amides is 1. The number of carbonyl (C=O) groups is 2. The van der Waals surface area contributed by atoms with Gasteiger partial charge in [-0.25, -0.2) is 0 Å². The van der Waals surface area contributed by atoms with E-state index < -0.39 is 5.97 Å². The summed E-state index contributed by atoms with van der Waals surface area (Å²) in [6, 6.07) is 6.78. The fourth-order valence-electron chi connectivity index (χ4n) is 2.04. The molecule has 0 aliphatic carbocycles. The van der Waals surface area contributed by atoms with Crippen molar-refractivity contribution in [3.63, 3.8) is 0 Å². The molecule has 0 heterocycles. The Bertz CT molecular complexity index is 491. The molecule has 1 rings (SSSR count). The first-order valence-electron chi connectivity index (χ1n) is 7.72. The Balaban J connectivity index is 2.32. The van der Waals surface area contributed by atoms with E-state index in [-0.39, 0.29) is 12.5 Å². The number of likely N-dealkylation sites (N-methyl/N-ethyl adjacent to an activating group) is 1. The molecular formula is C17H24ClNO3. The number of hydrogen-bond donors (Lipinski definition) is 0. The average Bonchev–Trinajstić information content (AvgIpc) is 2.50. The van der Waals surface area contributed by atoms with Crippen LogP contribution in [0.4, 0.5) is 0 Å². The maximum absolute atomic E-state index is 12.2. The van der Waals surface area contributed by atoms with E-state index in [0.717, 1.165) is 12.8 Å². The highest BCUT2D eigenvalue weighted by atomic mass is 35.5. The number of carbonyl (C=O) groups excluding carboxylic acids is 2. The van der Waals surface area contributed by atoms with Crippen LogP contribution in [0.3, 0.4) is 0 Å². The summed E-state index contributed by atoms with van der Waals surface area (Å²) >= 11 is 5.98. The molecular weight excluding hydrogens is 302 g/mol. The van der Waals surface area contributed by atoms with Crippen molar-refractivity contribution >= 4 is 23.5 Å². The maximum atomic E-state index is 12.2. The lowest BCUT2D eigenvalue weighted by atomic mass is 10.2. The molecule has 1 aromatic rings. The van der Waals surface area contributed by atoms with Crippen LogP contribution in [0.25, 0.3) is 0 Å². The fourth-order valence-corrected chi connectivity index (χ4v) is 2.26. The fraction of sp³-hybridized carbons (Fsp3) is 0.529. The predicted octanol–water partition coefficient (Wildman–Crippen LogP) is 3.93. The highest BCUT2D eigenvalue weighted by molar-refractivity contribution is 6.33. The van der Waals surface area contributed by atoms with Crippen LogP contribution >= 0.6 is 11.6 Å². The first-order valence-corrected chi connectivity index (χ1v) is 8.09. The van der Waals surface area contributed by atoms with Gasteiger partial charge in [0.05, 0.1) is 17.2 Å². The molecule has 4 nitrogen and oxygen atoms in total. The van der Waals surface area contributed by atoms with Crippen molar-refractivity contribution in [3.8, 4) is 0 Å². The molecule has 0 aromatic heterocycles. The minimum absolute atomic E-state index is 0.0704. The second kappa shape index (κ2) is 10.2. The van der Waals surface area contributed by atoms with Gasteiger partial charge in [0.2, 0.25) is 0 Å². The van der Waals surface area contributed by atoms with Gasteiger partial charge in [0, 0.05) is 7.05 Å². The molecule has 0 saturated carbocycles. The zero-order chi connectivity index (χ0) is 16.4. The molecule has 22 heavy (non-hydrogen) atoms. The van der Waals surface area contributed by atoms with Gasteiger partial charge < -0.3 is 9.64 Å². The van der Waals surface area contributed by atoms with Gasteiger partial charge >= 0.3 is 5.97 Å². The molecule has 1 amide bonds. The van der Waals surface area contributed by atoms with Gasteiger partial charge in [-0.3, -0.25) is 9.59 Å². The summed E-state index contributed by atoms with van der Waals surface area (Å²) in [5.41, 5.74) is 0.388. The number of esters is 1. The van der Waals surface area contributed by atoms with Gasteiger partial charge in [0.15, 0.2) is 0 Å². The lowest BCUT2D eigenvalue weighted by Crippen LogP contribution is -2.33. The zero-order valence-corrected chi connectivity index (χ0v) is 14.1. The second-order valence-electron chi connectivity index (χ2n) is 5.28. The predicted molar refractivity (Wildman–Crippen MR) is 88.1 cm³/mol. The monoisotopic (exact) mass is 325 g/mol. The number of halogens is 1. The molecule has 0 saturated heterocycles. The highest BCUT2D eigenvalue weighted by Gasteiger charge is 2.17. The van der Waals surface area contributed by atoms with Crippen molar-refractivity contribution in [1.29, 1.82) is 0 Å². The quantitative estimate of drug-likeness (QED) is 0.510. The van der Waals surface area contributed by atoms with Crippen LogP contribution in [0.2, 0.25) is 5.02 Å². The molecule has 0 aliphatic rings. The minimum atomic E-state index is -0.390. The van der Waals surface area contributed by atoms with Gasteiger partial charge in [-0.1, -0.05) is 56.3 Å². The molecule has 0 fully saturated rings. The number of nitrogens with zero attached hydrogens (tertiary/aromatic N) is 1. The summed E-state index contributed by atoms with van der Waals surface area (Å²) in [4.78, 5) is 25.2. The Kier molecular flexibility index (Phi) is 8.60. The van der Waals surface area contributed by atoms with E-state index in [1.54, 1.807) is 31.3 Å². The van der Waals surface area contributed by atoms with Crippen LogP contribution in [0, 0.1) is 0 Å². The first kappa shape index (κ1) is 18.5. The number of rotatable bonds is 9. The van der Waals surface area contributed by atoms with E-state index >= 15 is 0 Å². The van der Waals surface area contributed by atoms with E-state index in [9.17, 15) is 9.59 Å². The third kappa shape index (κ3) is 6.48. The number of benzene rings is 1. The first-order chi connectivity index (χ1) is 10.6. The molecule has 0 bridgehead atoms. The van der Waals surface area contributed by atoms with E-state index in [1.165, 1.54) is 24.2 Å². The van der Waals surface area contributed by atoms with E-state index in [1.807, 2.05) is 0 Å². The smallest absolute Gasteiger partial charge is 0.325 e. The standard InChI is InChI=1S/C17H24ClNO3/c1-3-4-5-6-9-12-22-16(20)13-19(2)17(21)14-10-7-8-11-15(14)18/h7-8,10-11H,3-6,9,12-13H2,1-2H3. The van der Waals surface area contributed by atoms with Gasteiger partial charge in [-0.05, 0) is 18.6 Å². The van der Waals surface area contributed by atoms with Crippen molar-refractivity contribution < 1.29 is 14.3 Å². The summed E-state index contributed by atoms with van der Waals surface area (Å²) < 4.78 is 5.14. The van der Waals surface area contributed by atoms with Crippen molar-refractivity contribution in [2.75, 3.05) is 20.2 Å². The second-order valence-corrected chi connectivity index (χ2v) is 5.68. The van der Waals surface area contributed by atoms with Crippen molar-refractivity contribution in [3.05, 3.63) is 34.9 Å². The van der Waals surface area contributed by atoms with Crippen LogP contribution in [0.1, 0.15) is 49.4 Å². The van der Waals surface area contributed by atoms with Crippen LogP contribution in [0.15, 0.2) is 24.3 Å². The van der Waals surface area contributed by atoms with Gasteiger partial charge in [-0.2, -0.15) is 0 Å². The number of ether oxygens (including phenoxy) is 1. The summed E-state index contributed by atoms with van der Waals surface area (Å²) in [7, 11) is 1.56. The van der Waals surface area contributed by atoms with E-state index in [0.29, 0.717) is 17.2 Å². The van der Waals surface area contributed by atoms with Crippen molar-refractivity contribution in [2.45, 2.75) is 39.0 Å². The third-order valence-corrected chi connectivity index (χ3v) is 3.66. The minimum Gasteiger partial charge on any atom is -0.464 e. The molecule has 0 spiro atoms. The van der Waals surface area contributed by atoms with Crippen LogP contribution in [0.5, 0.6) is 0 Å². The van der Waals surface area contributed by atoms with Crippen molar-refractivity contribution in [1.82, 2.24) is 4.90 Å². The van der Waals surface area contributed by atoms with Crippen LogP contribution < -0.4 is 0 Å². The van der Waals surface area contributed by atoms with Gasteiger partial charge in [-0.15, -0.1) is 0 Å². The number of hydrogen-bond acceptors (Lipinski definition) is 3. The molecule has 122 valence electrons. The molecule has 0 aliphatic heterocycles. The van der Waals surface area contributed by atoms with Crippen LogP contribution in [-0.2, 0) is 9.53 Å². The molecule has 0 unspecified atom stereocenters. The Labute approximate surface area is 137 Å². The van der Waals surface area contributed by atoms with Gasteiger partial charge in [0.1, 0.15) is 6.54 Å². The molecule has 0 radical (unpaired) electrons. The molecule has 0 N–H and O–H groups in total. The Morgan fingerprint density at radius 3 is 2.50 bits per heavy atom. The van der Waals surface area contributed by atoms with E-state index in [2.05, 4.69) is 6.92 Å². The Morgan fingerprint density at radius 1 is 1.14 bits per heavy atom. The molecule has 5 heteroatoms. The highest BCUT2D eigenvalue weighted by Crippen LogP contribution is 2.16. The lowest BCUT2D eigenvalue weighted by molar-refractivity contribution is -0.144. The normalized spacial score (nSPS) is 10.3. The van der Waals surface area contributed by atoms with Crippen molar-refractivity contribution in [2.24, 2.45) is 0 Å². The summed E-state index contributed by atoms with van der Waals surface area (Å²) in [5, 5.41) is 0.378. The zero-order valence-electron chi connectivity index (χ0n) is 13.3. The number of unbranched alkanes of at least 4 members (excludes halogenated alkanes) is 4. The van der Waals surface area contributed by atoms with Gasteiger partial charge in [0.25, 0.3) is 5.91 Å². The molecule has 0 atom stereocenters. The summed E-state index contributed by atoms with van der Waals surface area (Å²) in [5.74, 6) is -0.677.